The molecule has 0 saturated heterocycles. The van der Waals surface area contributed by atoms with E-state index in [0.29, 0.717) is 24.3 Å². The zero-order chi connectivity index (χ0) is 14.2. The van der Waals surface area contributed by atoms with Gasteiger partial charge in [0.25, 0.3) is 0 Å². The number of benzene rings is 1. The fraction of sp³-hybridized carbons (Fsp3) is 0.429. The molecule has 0 saturated carbocycles. The van der Waals surface area contributed by atoms with Crippen molar-refractivity contribution in [2.24, 2.45) is 5.92 Å². The van der Waals surface area contributed by atoms with Gasteiger partial charge in [-0.1, -0.05) is 6.92 Å². The van der Waals surface area contributed by atoms with Gasteiger partial charge in [0.15, 0.2) is 0 Å². The second kappa shape index (κ2) is 4.91. The lowest BCUT2D eigenvalue weighted by Crippen LogP contribution is -2.40. The molecule has 0 aliphatic carbocycles. The summed E-state index contributed by atoms with van der Waals surface area (Å²) in [6, 6.07) is 4.72. The fourth-order valence-electron chi connectivity index (χ4n) is 2.45. The molecule has 1 heterocycles. The van der Waals surface area contributed by atoms with Crippen molar-refractivity contribution in [2.75, 3.05) is 23.4 Å². The molecule has 1 aliphatic rings. The van der Waals surface area contributed by atoms with Crippen molar-refractivity contribution in [3.8, 4) is 5.75 Å². The van der Waals surface area contributed by atoms with E-state index in [1.807, 2.05) is 13.8 Å². The Morgan fingerprint density at radius 1 is 1.16 bits per heavy atom. The van der Waals surface area contributed by atoms with E-state index >= 15 is 0 Å². The lowest BCUT2D eigenvalue weighted by Gasteiger charge is -2.22. The Morgan fingerprint density at radius 3 is 2.42 bits per heavy atom. The van der Waals surface area contributed by atoms with Crippen LogP contribution in [-0.2, 0) is 9.59 Å². The SMILES string of the molecule is CCC1C(=O)N(C)c2cc(O)ccc2N(CC)C1=O. The zero-order valence-corrected chi connectivity index (χ0v) is 11.4. The van der Waals surface area contributed by atoms with Crippen molar-refractivity contribution in [3.63, 3.8) is 0 Å². The molecular weight excluding hydrogens is 244 g/mol. The third kappa shape index (κ3) is 2.05. The maximum atomic E-state index is 12.4. The summed E-state index contributed by atoms with van der Waals surface area (Å²) in [5, 5.41) is 9.59. The maximum absolute atomic E-state index is 12.4. The minimum Gasteiger partial charge on any atom is -0.508 e. The number of hydrogen-bond donors (Lipinski definition) is 1. The monoisotopic (exact) mass is 262 g/mol. The van der Waals surface area contributed by atoms with Gasteiger partial charge in [-0.15, -0.1) is 0 Å². The first kappa shape index (κ1) is 13.4. The van der Waals surface area contributed by atoms with Gasteiger partial charge in [0.1, 0.15) is 11.7 Å². The van der Waals surface area contributed by atoms with E-state index in [9.17, 15) is 14.7 Å². The van der Waals surface area contributed by atoms with Crippen molar-refractivity contribution in [3.05, 3.63) is 18.2 Å². The van der Waals surface area contributed by atoms with Crippen molar-refractivity contribution >= 4 is 23.2 Å². The van der Waals surface area contributed by atoms with Crippen molar-refractivity contribution < 1.29 is 14.7 Å². The molecule has 19 heavy (non-hydrogen) atoms. The average molecular weight is 262 g/mol. The number of carbonyl (C=O) groups excluding carboxylic acids is 2. The Morgan fingerprint density at radius 2 is 1.84 bits per heavy atom. The summed E-state index contributed by atoms with van der Waals surface area (Å²) >= 11 is 0. The normalized spacial score (nSPS) is 19.4. The van der Waals surface area contributed by atoms with E-state index < -0.39 is 5.92 Å². The summed E-state index contributed by atoms with van der Waals surface area (Å²) in [6.07, 6.45) is 0.471. The second-order valence-electron chi connectivity index (χ2n) is 4.61. The van der Waals surface area contributed by atoms with Crippen LogP contribution < -0.4 is 9.80 Å². The van der Waals surface area contributed by atoms with E-state index in [2.05, 4.69) is 0 Å². The fourth-order valence-corrected chi connectivity index (χ4v) is 2.45. The Kier molecular flexibility index (Phi) is 3.46. The number of rotatable bonds is 2. The largest absolute Gasteiger partial charge is 0.508 e. The first-order valence-electron chi connectivity index (χ1n) is 6.43. The molecule has 0 bridgehead atoms. The van der Waals surface area contributed by atoms with Crippen LogP contribution in [0.1, 0.15) is 20.3 Å². The quantitative estimate of drug-likeness (QED) is 0.826. The van der Waals surface area contributed by atoms with Gasteiger partial charge in [-0.05, 0) is 25.5 Å². The highest BCUT2D eigenvalue weighted by Gasteiger charge is 2.37. The molecule has 0 radical (unpaired) electrons. The minimum atomic E-state index is -0.653. The molecule has 2 amide bonds. The van der Waals surface area contributed by atoms with E-state index in [4.69, 9.17) is 0 Å². The van der Waals surface area contributed by atoms with Gasteiger partial charge < -0.3 is 14.9 Å². The summed E-state index contributed by atoms with van der Waals surface area (Å²) in [7, 11) is 1.63. The highest BCUT2D eigenvalue weighted by Crippen LogP contribution is 2.36. The van der Waals surface area contributed by atoms with Crippen LogP contribution in [0.5, 0.6) is 5.75 Å². The maximum Gasteiger partial charge on any atom is 0.239 e. The van der Waals surface area contributed by atoms with Crippen molar-refractivity contribution in [2.45, 2.75) is 20.3 Å². The number of anilines is 2. The smallest absolute Gasteiger partial charge is 0.239 e. The lowest BCUT2D eigenvalue weighted by molar-refractivity contribution is -0.131. The molecule has 5 nitrogen and oxygen atoms in total. The summed E-state index contributed by atoms with van der Waals surface area (Å²) in [6.45, 7) is 4.20. The number of aromatic hydroxyl groups is 1. The van der Waals surface area contributed by atoms with Crippen LogP contribution in [0.4, 0.5) is 11.4 Å². The van der Waals surface area contributed by atoms with Gasteiger partial charge in [0.2, 0.25) is 11.8 Å². The van der Waals surface area contributed by atoms with Gasteiger partial charge >= 0.3 is 0 Å². The molecule has 5 heteroatoms. The predicted octanol–water partition coefficient (Wildman–Crippen LogP) is 1.75. The summed E-state index contributed by atoms with van der Waals surface area (Å²) in [5.41, 5.74) is 1.23. The topological polar surface area (TPSA) is 60.9 Å². The van der Waals surface area contributed by atoms with Gasteiger partial charge in [0.05, 0.1) is 11.4 Å². The van der Waals surface area contributed by atoms with Crippen LogP contribution in [0.15, 0.2) is 18.2 Å². The standard InChI is InChI=1S/C14H18N2O3/c1-4-10-13(18)15(3)12-8-9(17)6-7-11(12)16(5-2)14(10)19/h6-8,10,17H,4-5H2,1-3H3. The van der Waals surface area contributed by atoms with Crippen LogP contribution >= 0.6 is 0 Å². The molecule has 1 aromatic carbocycles. The molecule has 2 rings (SSSR count). The first-order chi connectivity index (χ1) is 9.01. The summed E-state index contributed by atoms with van der Waals surface area (Å²) in [4.78, 5) is 27.8. The highest BCUT2D eigenvalue weighted by molar-refractivity contribution is 6.17. The molecule has 0 fully saturated rings. The molecule has 1 aromatic rings. The number of phenolic OH excluding ortho intramolecular Hbond substituents is 1. The number of phenols is 1. The molecule has 1 atom stereocenters. The van der Waals surface area contributed by atoms with Crippen LogP contribution in [0, 0.1) is 5.92 Å². The van der Waals surface area contributed by atoms with Gasteiger partial charge in [-0.2, -0.15) is 0 Å². The van der Waals surface area contributed by atoms with Crippen molar-refractivity contribution in [1.82, 2.24) is 0 Å². The van der Waals surface area contributed by atoms with Gasteiger partial charge in [-0.25, -0.2) is 0 Å². The highest BCUT2D eigenvalue weighted by atomic mass is 16.3. The Labute approximate surface area is 112 Å². The Bertz CT molecular complexity index is 527. The van der Waals surface area contributed by atoms with E-state index in [1.54, 1.807) is 18.0 Å². The predicted molar refractivity (Wildman–Crippen MR) is 73.3 cm³/mol. The third-order valence-corrected chi connectivity index (χ3v) is 3.53. The van der Waals surface area contributed by atoms with E-state index in [0.717, 1.165) is 0 Å². The van der Waals surface area contributed by atoms with Crippen molar-refractivity contribution in [1.29, 1.82) is 0 Å². The average Bonchev–Trinajstić information content (AvgIpc) is 2.46. The molecule has 102 valence electrons. The number of nitrogens with zero attached hydrogens (tertiary/aromatic N) is 2. The van der Waals surface area contributed by atoms with E-state index in [1.165, 1.54) is 17.0 Å². The second-order valence-corrected chi connectivity index (χ2v) is 4.61. The first-order valence-corrected chi connectivity index (χ1v) is 6.43. The minimum absolute atomic E-state index is 0.0804. The summed E-state index contributed by atoms with van der Waals surface area (Å²) in [5.74, 6) is -0.974. The van der Waals surface area contributed by atoms with Crippen LogP contribution in [0.3, 0.4) is 0 Å². The molecule has 0 spiro atoms. The van der Waals surface area contributed by atoms with Crippen LogP contribution in [0.25, 0.3) is 0 Å². The van der Waals surface area contributed by atoms with Crippen LogP contribution in [0.2, 0.25) is 0 Å². The van der Waals surface area contributed by atoms with E-state index in [-0.39, 0.29) is 17.6 Å². The Hall–Kier alpha value is -2.04. The number of hydrogen-bond acceptors (Lipinski definition) is 3. The lowest BCUT2D eigenvalue weighted by atomic mass is 10.0. The number of amides is 2. The molecule has 1 N–H and O–H groups in total. The van der Waals surface area contributed by atoms with Gasteiger partial charge in [-0.3, -0.25) is 9.59 Å². The molecular formula is C14H18N2O3. The van der Waals surface area contributed by atoms with Crippen LogP contribution in [-0.4, -0.2) is 30.5 Å². The molecule has 1 aliphatic heterocycles. The number of fused-ring (bicyclic) bond motifs is 1. The van der Waals surface area contributed by atoms with Gasteiger partial charge in [0, 0.05) is 19.7 Å². The molecule has 0 aromatic heterocycles. The number of carbonyl (C=O) groups is 2. The summed E-state index contributed by atoms with van der Waals surface area (Å²) < 4.78 is 0. The third-order valence-electron chi connectivity index (χ3n) is 3.53. The molecule has 1 unspecified atom stereocenters. The Balaban J connectivity index is 2.63. The zero-order valence-electron chi connectivity index (χ0n) is 11.4.